The molecule has 5 nitrogen and oxygen atoms in total. The zero-order valence-electron chi connectivity index (χ0n) is 11.3. The number of methoxy groups -OCH3 is 2. The summed E-state index contributed by atoms with van der Waals surface area (Å²) in [6.45, 7) is 3.71. The summed E-state index contributed by atoms with van der Waals surface area (Å²) in [5.74, 6) is 1.27. The smallest absolute Gasteiger partial charge is 0.251 e. The number of amides is 1. The quantitative estimate of drug-likeness (QED) is 0.870. The normalized spacial score (nSPS) is 16.9. The molecule has 0 unspecified atom stereocenters. The number of rotatable bonds is 2. The van der Waals surface area contributed by atoms with E-state index >= 15 is 0 Å². The first-order chi connectivity index (χ1) is 8.40. The molecule has 1 amide bonds. The minimum Gasteiger partial charge on any atom is -0.493 e. The number of hydrogen-bond donors (Lipinski definition) is 1. The van der Waals surface area contributed by atoms with Crippen LogP contribution in [-0.4, -0.2) is 32.7 Å². The van der Waals surface area contributed by atoms with E-state index in [2.05, 4.69) is 5.32 Å². The van der Waals surface area contributed by atoms with Crippen LogP contribution in [0.5, 0.6) is 11.5 Å². The van der Waals surface area contributed by atoms with Crippen molar-refractivity contribution >= 4 is 17.3 Å². The van der Waals surface area contributed by atoms with E-state index in [-0.39, 0.29) is 5.91 Å². The van der Waals surface area contributed by atoms with Crippen LogP contribution >= 0.6 is 0 Å². The lowest BCUT2D eigenvalue weighted by Gasteiger charge is -2.38. The lowest BCUT2D eigenvalue weighted by atomic mass is 9.98. The van der Waals surface area contributed by atoms with Crippen molar-refractivity contribution < 1.29 is 14.3 Å². The van der Waals surface area contributed by atoms with E-state index < -0.39 is 5.54 Å². The van der Waals surface area contributed by atoms with Gasteiger partial charge in [-0.05, 0) is 13.8 Å². The Morgan fingerprint density at radius 1 is 1.17 bits per heavy atom. The third-order valence-electron chi connectivity index (χ3n) is 3.15. The number of ether oxygens (including phenoxy) is 2. The summed E-state index contributed by atoms with van der Waals surface area (Å²) in [5.41, 5.74) is 1.03. The van der Waals surface area contributed by atoms with Gasteiger partial charge in [-0.15, -0.1) is 0 Å². The van der Waals surface area contributed by atoms with Crippen LogP contribution in [0.25, 0.3) is 0 Å². The SMILES string of the molecule is COc1cc2c(cc1OC)N(C)C(=O)C(C)(C)N2. The van der Waals surface area contributed by atoms with Gasteiger partial charge in [-0.25, -0.2) is 0 Å². The van der Waals surface area contributed by atoms with E-state index in [9.17, 15) is 4.79 Å². The number of nitrogens with one attached hydrogen (secondary N) is 1. The van der Waals surface area contributed by atoms with E-state index in [1.165, 1.54) is 0 Å². The molecule has 1 aliphatic rings. The molecule has 0 aliphatic carbocycles. The number of nitrogens with zero attached hydrogens (tertiary/aromatic N) is 1. The lowest BCUT2D eigenvalue weighted by molar-refractivity contribution is -0.121. The van der Waals surface area contributed by atoms with E-state index in [1.54, 1.807) is 32.2 Å². The first-order valence-corrected chi connectivity index (χ1v) is 5.73. The predicted molar refractivity (Wildman–Crippen MR) is 70.7 cm³/mol. The van der Waals surface area contributed by atoms with Crippen molar-refractivity contribution in [2.75, 3.05) is 31.5 Å². The number of anilines is 2. The monoisotopic (exact) mass is 250 g/mol. The van der Waals surface area contributed by atoms with Crippen molar-refractivity contribution in [1.29, 1.82) is 0 Å². The first kappa shape index (κ1) is 12.5. The van der Waals surface area contributed by atoms with Crippen molar-refractivity contribution in [1.82, 2.24) is 0 Å². The molecule has 1 aromatic carbocycles. The minimum atomic E-state index is -0.624. The predicted octanol–water partition coefficient (Wildman–Crippen LogP) is 1.87. The summed E-state index contributed by atoms with van der Waals surface area (Å²) in [5, 5.41) is 3.22. The number of carbonyl (C=O) groups excluding carboxylic acids is 1. The second-order valence-electron chi connectivity index (χ2n) is 4.84. The molecule has 18 heavy (non-hydrogen) atoms. The molecular weight excluding hydrogens is 232 g/mol. The Morgan fingerprint density at radius 3 is 2.28 bits per heavy atom. The summed E-state index contributed by atoms with van der Waals surface area (Å²) in [6.07, 6.45) is 0. The Bertz CT molecular complexity index is 497. The fraction of sp³-hybridized carbons (Fsp3) is 0.462. The molecule has 5 heteroatoms. The molecule has 1 heterocycles. The minimum absolute atomic E-state index is 0.0159. The molecule has 1 N–H and O–H groups in total. The topological polar surface area (TPSA) is 50.8 Å². The van der Waals surface area contributed by atoms with Crippen LogP contribution in [0.15, 0.2) is 12.1 Å². The highest BCUT2D eigenvalue weighted by atomic mass is 16.5. The van der Waals surface area contributed by atoms with Gasteiger partial charge in [-0.3, -0.25) is 4.79 Å². The zero-order valence-corrected chi connectivity index (χ0v) is 11.3. The van der Waals surface area contributed by atoms with Crippen molar-refractivity contribution in [3.8, 4) is 11.5 Å². The van der Waals surface area contributed by atoms with Crippen LogP contribution in [-0.2, 0) is 4.79 Å². The van der Waals surface area contributed by atoms with Crippen LogP contribution in [0.3, 0.4) is 0 Å². The lowest BCUT2D eigenvalue weighted by Crippen LogP contribution is -2.52. The highest BCUT2D eigenvalue weighted by Gasteiger charge is 2.37. The zero-order chi connectivity index (χ0) is 13.5. The average Bonchev–Trinajstić information content (AvgIpc) is 2.34. The van der Waals surface area contributed by atoms with E-state index in [1.807, 2.05) is 19.9 Å². The number of likely N-dealkylation sites (N-methyl/N-ethyl adjacent to an activating group) is 1. The van der Waals surface area contributed by atoms with Gasteiger partial charge in [-0.2, -0.15) is 0 Å². The Morgan fingerprint density at radius 2 is 1.72 bits per heavy atom. The molecule has 98 valence electrons. The molecular formula is C13H18N2O3. The van der Waals surface area contributed by atoms with Gasteiger partial charge in [0.2, 0.25) is 0 Å². The van der Waals surface area contributed by atoms with Gasteiger partial charge in [0.1, 0.15) is 5.54 Å². The molecule has 0 radical (unpaired) electrons. The van der Waals surface area contributed by atoms with Crippen LogP contribution < -0.4 is 19.7 Å². The molecule has 1 aromatic rings. The summed E-state index contributed by atoms with van der Waals surface area (Å²) in [4.78, 5) is 13.8. The van der Waals surface area contributed by atoms with Crippen LogP contribution in [0.2, 0.25) is 0 Å². The Balaban J connectivity index is 2.57. The molecule has 0 saturated heterocycles. The Kier molecular flexibility index (Phi) is 2.84. The van der Waals surface area contributed by atoms with E-state index in [0.29, 0.717) is 11.5 Å². The van der Waals surface area contributed by atoms with Crippen LogP contribution in [0, 0.1) is 0 Å². The van der Waals surface area contributed by atoms with Gasteiger partial charge in [-0.1, -0.05) is 0 Å². The van der Waals surface area contributed by atoms with E-state index in [4.69, 9.17) is 9.47 Å². The summed E-state index contributed by atoms with van der Waals surface area (Å²) in [6, 6.07) is 3.65. The highest BCUT2D eigenvalue weighted by molar-refractivity contribution is 6.07. The Hall–Kier alpha value is -1.91. The number of hydrogen-bond acceptors (Lipinski definition) is 4. The fourth-order valence-corrected chi connectivity index (χ4v) is 2.16. The van der Waals surface area contributed by atoms with Crippen molar-refractivity contribution in [3.05, 3.63) is 12.1 Å². The molecule has 0 bridgehead atoms. The second kappa shape index (κ2) is 4.08. The summed E-state index contributed by atoms with van der Waals surface area (Å²) in [7, 11) is 4.93. The summed E-state index contributed by atoms with van der Waals surface area (Å²) >= 11 is 0. The number of benzene rings is 1. The third kappa shape index (κ3) is 1.75. The molecule has 1 aliphatic heterocycles. The maximum Gasteiger partial charge on any atom is 0.251 e. The second-order valence-corrected chi connectivity index (χ2v) is 4.84. The standard InChI is InChI=1S/C13H18N2O3/c1-13(2)12(16)15(3)9-7-11(18-5)10(17-4)6-8(9)14-13/h6-7,14H,1-5H3. The van der Waals surface area contributed by atoms with Crippen molar-refractivity contribution in [2.45, 2.75) is 19.4 Å². The van der Waals surface area contributed by atoms with Gasteiger partial charge in [0.15, 0.2) is 11.5 Å². The molecule has 0 fully saturated rings. The van der Waals surface area contributed by atoms with Crippen molar-refractivity contribution in [2.24, 2.45) is 0 Å². The van der Waals surface area contributed by atoms with Crippen LogP contribution in [0.1, 0.15) is 13.8 Å². The maximum absolute atomic E-state index is 12.2. The van der Waals surface area contributed by atoms with Gasteiger partial charge in [0.25, 0.3) is 5.91 Å². The molecule has 2 rings (SSSR count). The van der Waals surface area contributed by atoms with Crippen LogP contribution in [0.4, 0.5) is 11.4 Å². The third-order valence-corrected chi connectivity index (χ3v) is 3.15. The van der Waals surface area contributed by atoms with E-state index in [0.717, 1.165) is 11.4 Å². The highest BCUT2D eigenvalue weighted by Crippen LogP contribution is 2.42. The summed E-state index contributed by atoms with van der Waals surface area (Å²) < 4.78 is 10.5. The van der Waals surface area contributed by atoms with Gasteiger partial charge in [0.05, 0.1) is 25.6 Å². The Labute approximate surface area is 107 Å². The molecule has 0 spiro atoms. The van der Waals surface area contributed by atoms with Gasteiger partial charge < -0.3 is 19.7 Å². The number of carbonyl (C=O) groups is 1. The molecule has 0 aromatic heterocycles. The first-order valence-electron chi connectivity index (χ1n) is 5.73. The molecule has 0 atom stereocenters. The largest absolute Gasteiger partial charge is 0.493 e. The van der Waals surface area contributed by atoms with Gasteiger partial charge in [0, 0.05) is 19.2 Å². The average molecular weight is 250 g/mol. The van der Waals surface area contributed by atoms with Crippen molar-refractivity contribution in [3.63, 3.8) is 0 Å². The number of fused-ring (bicyclic) bond motifs is 1. The van der Waals surface area contributed by atoms with Gasteiger partial charge >= 0.3 is 0 Å². The maximum atomic E-state index is 12.2. The molecule has 0 saturated carbocycles. The fourth-order valence-electron chi connectivity index (χ4n) is 2.16.